The van der Waals surface area contributed by atoms with Gasteiger partial charge in [-0.05, 0) is 30.3 Å². The number of rotatable bonds is 6. The molecule has 1 heterocycles. The fourth-order valence-electron chi connectivity index (χ4n) is 2.33. The summed E-state index contributed by atoms with van der Waals surface area (Å²) in [6.07, 6.45) is 1.81. The Kier molecular flexibility index (Phi) is 5.02. The molecule has 3 rings (SSSR count). The molecule has 7 heteroatoms. The second kappa shape index (κ2) is 7.20. The zero-order chi connectivity index (χ0) is 17.0. The summed E-state index contributed by atoms with van der Waals surface area (Å²) in [6, 6.07) is 16.9. The van der Waals surface area contributed by atoms with Crippen LogP contribution in [-0.2, 0) is 18.5 Å². The van der Waals surface area contributed by atoms with E-state index in [9.17, 15) is 4.57 Å². The molecule has 126 valence electrons. The summed E-state index contributed by atoms with van der Waals surface area (Å²) in [6.45, 7) is 0.288. The van der Waals surface area contributed by atoms with Gasteiger partial charge in [-0.1, -0.05) is 30.3 Å². The second-order valence-corrected chi connectivity index (χ2v) is 6.97. The van der Waals surface area contributed by atoms with Crippen LogP contribution in [-0.4, -0.2) is 25.7 Å². The minimum absolute atomic E-state index is 0.288. The largest absolute Gasteiger partial charge is 0.458 e. The first kappa shape index (κ1) is 16.7. The van der Waals surface area contributed by atoms with E-state index < -0.39 is 7.75 Å². The minimum atomic E-state index is -3.53. The molecule has 0 spiro atoms. The molecular formula is C17H18NO5P. The highest BCUT2D eigenvalue weighted by Crippen LogP contribution is 2.56. The maximum atomic E-state index is 12.6. The van der Waals surface area contributed by atoms with Crippen LogP contribution in [0.1, 0.15) is 5.56 Å². The summed E-state index contributed by atoms with van der Waals surface area (Å²) < 4.78 is 28.5. The molecule has 0 unspecified atom stereocenters. The van der Waals surface area contributed by atoms with Crippen LogP contribution in [0.4, 0.5) is 0 Å². The SMILES string of the molecule is COP(=O)(OC)N1OCC=C1c1cccc(Oc2ccccc2)c1. The first-order chi connectivity index (χ1) is 11.7. The number of ether oxygens (including phenoxy) is 1. The number of nitrogens with zero attached hydrogens (tertiary/aromatic N) is 1. The number of hydroxylamine groups is 1. The summed E-state index contributed by atoms with van der Waals surface area (Å²) in [5.41, 5.74) is 1.40. The van der Waals surface area contributed by atoms with Crippen LogP contribution >= 0.6 is 7.75 Å². The molecule has 0 atom stereocenters. The van der Waals surface area contributed by atoms with E-state index in [2.05, 4.69) is 0 Å². The zero-order valence-electron chi connectivity index (χ0n) is 13.4. The Morgan fingerprint density at radius 3 is 2.42 bits per heavy atom. The molecule has 0 radical (unpaired) electrons. The maximum Gasteiger partial charge on any atom is 0.458 e. The average molecular weight is 347 g/mol. The van der Waals surface area contributed by atoms with Gasteiger partial charge in [0.05, 0.1) is 12.3 Å². The predicted octanol–water partition coefficient (Wildman–Crippen LogP) is 4.47. The van der Waals surface area contributed by atoms with E-state index in [4.69, 9.17) is 18.6 Å². The number of para-hydroxylation sites is 1. The van der Waals surface area contributed by atoms with Gasteiger partial charge in [-0.15, -0.1) is 0 Å². The van der Waals surface area contributed by atoms with Crippen molar-refractivity contribution in [1.82, 2.24) is 4.83 Å². The average Bonchev–Trinajstić information content (AvgIpc) is 3.13. The summed E-state index contributed by atoms with van der Waals surface area (Å²) >= 11 is 0. The molecular weight excluding hydrogens is 329 g/mol. The Morgan fingerprint density at radius 1 is 1.00 bits per heavy atom. The molecule has 1 aliphatic rings. The van der Waals surface area contributed by atoms with E-state index in [0.717, 1.165) is 11.3 Å². The molecule has 0 bridgehead atoms. The van der Waals surface area contributed by atoms with Gasteiger partial charge in [0, 0.05) is 19.8 Å². The molecule has 0 saturated heterocycles. The maximum absolute atomic E-state index is 12.6. The van der Waals surface area contributed by atoms with Gasteiger partial charge in [-0.3, -0.25) is 13.9 Å². The first-order valence-electron chi connectivity index (χ1n) is 7.35. The van der Waals surface area contributed by atoms with E-state index in [1.807, 2.05) is 60.7 Å². The normalized spacial score (nSPS) is 14.6. The number of benzene rings is 2. The molecule has 6 nitrogen and oxygen atoms in total. The summed E-state index contributed by atoms with van der Waals surface area (Å²) in [7, 11) is -0.894. The van der Waals surface area contributed by atoms with Gasteiger partial charge >= 0.3 is 7.75 Å². The fraction of sp³-hybridized carbons (Fsp3) is 0.176. The van der Waals surface area contributed by atoms with Gasteiger partial charge in [0.25, 0.3) is 0 Å². The molecule has 2 aromatic carbocycles. The van der Waals surface area contributed by atoms with Crippen molar-refractivity contribution in [1.29, 1.82) is 0 Å². The van der Waals surface area contributed by atoms with E-state index in [1.165, 1.54) is 19.1 Å². The topological polar surface area (TPSA) is 57.2 Å². The third kappa shape index (κ3) is 3.37. The van der Waals surface area contributed by atoms with Crippen LogP contribution < -0.4 is 4.74 Å². The van der Waals surface area contributed by atoms with Crippen molar-refractivity contribution in [2.75, 3.05) is 20.8 Å². The van der Waals surface area contributed by atoms with Crippen LogP contribution in [0, 0.1) is 0 Å². The van der Waals surface area contributed by atoms with Gasteiger partial charge in [-0.25, -0.2) is 4.57 Å². The molecule has 0 N–H and O–H groups in total. The first-order valence-corrected chi connectivity index (χ1v) is 8.84. The number of hydrogen-bond acceptors (Lipinski definition) is 5. The molecule has 1 aliphatic heterocycles. The summed E-state index contributed by atoms with van der Waals surface area (Å²) in [5.74, 6) is 1.40. The monoisotopic (exact) mass is 347 g/mol. The highest BCUT2D eigenvalue weighted by atomic mass is 31.2. The molecule has 0 aliphatic carbocycles. The Hall–Kier alpha value is -2.11. The van der Waals surface area contributed by atoms with Gasteiger partial charge in [0.15, 0.2) is 0 Å². The summed E-state index contributed by atoms with van der Waals surface area (Å²) in [4.78, 5) is 6.60. The van der Waals surface area contributed by atoms with Crippen LogP contribution in [0.5, 0.6) is 11.5 Å². The van der Waals surface area contributed by atoms with Crippen LogP contribution in [0.3, 0.4) is 0 Å². The van der Waals surface area contributed by atoms with Gasteiger partial charge < -0.3 is 4.74 Å². The number of hydrogen-bond donors (Lipinski definition) is 0. The van der Waals surface area contributed by atoms with E-state index in [0.29, 0.717) is 11.4 Å². The lowest BCUT2D eigenvalue weighted by molar-refractivity contribution is -0.0325. The van der Waals surface area contributed by atoms with Crippen molar-refractivity contribution in [2.45, 2.75) is 0 Å². The van der Waals surface area contributed by atoms with Crippen molar-refractivity contribution in [3.8, 4) is 11.5 Å². The quantitative estimate of drug-likeness (QED) is 0.719. The Morgan fingerprint density at radius 2 is 1.71 bits per heavy atom. The smallest absolute Gasteiger partial charge is 0.457 e. The second-order valence-electron chi connectivity index (χ2n) is 4.93. The van der Waals surface area contributed by atoms with Crippen molar-refractivity contribution in [3.63, 3.8) is 0 Å². The third-order valence-electron chi connectivity index (χ3n) is 3.47. The zero-order valence-corrected chi connectivity index (χ0v) is 14.3. The molecule has 0 amide bonds. The lowest BCUT2D eigenvalue weighted by Gasteiger charge is -2.26. The predicted molar refractivity (Wildman–Crippen MR) is 90.4 cm³/mol. The molecule has 0 saturated carbocycles. The Bertz CT molecular complexity index is 770. The molecule has 24 heavy (non-hydrogen) atoms. The Balaban J connectivity index is 1.87. The van der Waals surface area contributed by atoms with Crippen molar-refractivity contribution < 1.29 is 23.2 Å². The highest BCUT2D eigenvalue weighted by Gasteiger charge is 2.37. The summed E-state index contributed by atoms with van der Waals surface area (Å²) in [5, 5.41) is 0. The van der Waals surface area contributed by atoms with Crippen molar-refractivity contribution in [2.24, 2.45) is 0 Å². The third-order valence-corrected chi connectivity index (χ3v) is 5.17. The van der Waals surface area contributed by atoms with E-state index in [1.54, 1.807) is 0 Å². The van der Waals surface area contributed by atoms with Crippen LogP contribution in [0.15, 0.2) is 60.7 Å². The molecule has 0 fully saturated rings. The standard InChI is InChI=1S/C17H18NO5P/c1-20-24(19,21-2)18-17(11-12-22-18)14-7-6-10-16(13-14)23-15-8-4-3-5-9-15/h3-11,13H,12H2,1-2H3. The minimum Gasteiger partial charge on any atom is -0.457 e. The molecule has 2 aromatic rings. The van der Waals surface area contributed by atoms with E-state index in [-0.39, 0.29) is 6.61 Å². The van der Waals surface area contributed by atoms with Crippen molar-refractivity contribution >= 4 is 13.4 Å². The lowest BCUT2D eigenvalue weighted by Crippen LogP contribution is -2.16. The fourth-order valence-corrected chi connectivity index (χ4v) is 3.45. The molecule has 0 aromatic heterocycles. The van der Waals surface area contributed by atoms with Gasteiger partial charge in [-0.2, -0.15) is 4.83 Å². The van der Waals surface area contributed by atoms with Crippen LogP contribution in [0.2, 0.25) is 0 Å². The van der Waals surface area contributed by atoms with Crippen molar-refractivity contribution in [3.05, 3.63) is 66.2 Å². The highest BCUT2D eigenvalue weighted by molar-refractivity contribution is 7.51. The Labute approximate surface area is 140 Å². The van der Waals surface area contributed by atoms with Crippen LogP contribution in [0.25, 0.3) is 5.70 Å². The van der Waals surface area contributed by atoms with Gasteiger partial charge in [0.2, 0.25) is 0 Å². The van der Waals surface area contributed by atoms with E-state index >= 15 is 0 Å². The lowest BCUT2D eigenvalue weighted by atomic mass is 10.1. The van der Waals surface area contributed by atoms with Gasteiger partial charge in [0.1, 0.15) is 11.5 Å².